The molecule has 1 aromatic carbocycles. The molecule has 0 unspecified atom stereocenters. The summed E-state index contributed by atoms with van der Waals surface area (Å²) in [5.41, 5.74) is 2.07. The molecule has 1 aromatic heterocycles. The number of H-pyrrole nitrogens is 1. The van der Waals surface area contributed by atoms with Gasteiger partial charge in [-0.2, -0.15) is 4.98 Å². The third-order valence-corrected chi connectivity index (χ3v) is 2.84. The Balaban J connectivity index is 1.96. The van der Waals surface area contributed by atoms with Crippen LogP contribution in [-0.2, 0) is 0 Å². The zero-order valence-corrected chi connectivity index (χ0v) is 10.1. The fourth-order valence-electron chi connectivity index (χ4n) is 1.83. The number of nitrogens with one attached hydrogen (secondary N) is 1. The van der Waals surface area contributed by atoms with Crippen LogP contribution in [0.1, 0.15) is 18.5 Å². The van der Waals surface area contributed by atoms with Crippen molar-refractivity contribution in [2.45, 2.75) is 25.9 Å². The molecule has 0 amide bonds. The molecule has 1 N–H and O–H groups in total. The van der Waals surface area contributed by atoms with Gasteiger partial charge in [0.05, 0.1) is 11.8 Å². The minimum Gasteiger partial charge on any atom is -0.490 e. The summed E-state index contributed by atoms with van der Waals surface area (Å²) in [7, 11) is 0. The zero-order valence-electron chi connectivity index (χ0n) is 10.1. The summed E-state index contributed by atoms with van der Waals surface area (Å²) in [6.07, 6.45) is 2.63. The first-order chi connectivity index (χ1) is 8.70. The first kappa shape index (κ1) is 11.0. The van der Waals surface area contributed by atoms with Crippen molar-refractivity contribution in [3.63, 3.8) is 0 Å². The van der Waals surface area contributed by atoms with E-state index in [-0.39, 0.29) is 5.69 Å². The van der Waals surface area contributed by atoms with Crippen LogP contribution < -0.4 is 10.4 Å². The van der Waals surface area contributed by atoms with E-state index in [4.69, 9.17) is 4.74 Å². The van der Waals surface area contributed by atoms with Gasteiger partial charge in [0.25, 0.3) is 0 Å². The topological polar surface area (TPSA) is 55.0 Å². The molecule has 4 heteroatoms. The van der Waals surface area contributed by atoms with Crippen LogP contribution in [0.3, 0.4) is 0 Å². The number of rotatable bonds is 3. The summed E-state index contributed by atoms with van der Waals surface area (Å²) < 4.78 is 5.73. The van der Waals surface area contributed by atoms with Crippen molar-refractivity contribution >= 4 is 0 Å². The molecular weight excluding hydrogens is 228 g/mol. The van der Waals surface area contributed by atoms with E-state index >= 15 is 0 Å². The van der Waals surface area contributed by atoms with Gasteiger partial charge in [-0.05, 0) is 38.0 Å². The van der Waals surface area contributed by atoms with Crippen LogP contribution >= 0.6 is 0 Å². The zero-order chi connectivity index (χ0) is 12.5. The van der Waals surface area contributed by atoms with Crippen molar-refractivity contribution < 1.29 is 4.74 Å². The van der Waals surface area contributed by atoms with Gasteiger partial charge < -0.3 is 9.72 Å². The lowest BCUT2D eigenvalue weighted by Crippen LogP contribution is -2.11. The number of nitrogens with zero attached hydrogens (tertiary/aromatic N) is 1. The minimum absolute atomic E-state index is 0.321. The second-order valence-corrected chi connectivity index (χ2v) is 4.60. The maximum atomic E-state index is 11.4. The monoisotopic (exact) mass is 242 g/mol. The Hall–Kier alpha value is -2.10. The standard InChI is InChI=1S/C14H14N2O2/c1-9-7-13(16-14(17)15-9)10-3-2-4-12(8-10)18-11-5-6-11/h2-4,7-8,11H,5-6H2,1H3,(H,15,16,17). The fraction of sp³-hybridized carbons (Fsp3) is 0.286. The summed E-state index contributed by atoms with van der Waals surface area (Å²) in [5.74, 6) is 0.842. The van der Waals surface area contributed by atoms with Gasteiger partial charge in [0.2, 0.25) is 0 Å². The van der Waals surface area contributed by atoms with E-state index in [1.54, 1.807) is 0 Å². The summed E-state index contributed by atoms with van der Waals surface area (Å²) in [4.78, 5) is 18.0. The van der Waals surface area contributed by atoms with Crippen molar-refractivity contribution in [2.24, 2.45) is 0 Å². The smallest absolute Gasteiger partial charge is 0.345 e. The Labute approximate surface area is 105 Å². The highest BCUT2D eigenvalue weighted by molar-refractivity contribution is 5.61. The lowest BCUT2D eigenvalue weighted by atomic mass is 10.1. The number of hydrogen-bond donors (Lipinski definition) is 1. The van der Waals surface area contributed by atoms with E-state index in [0.717, 1.165) is 29.8 Å². The molecule has 0 atom stereocenters. The molecule has 18 heavy (non-hydrogen) atoms. The minimum atomic E-state index is -0.321. The van der Waals surface area contributed by atoms with Gasteiger partial charge in [-0.3, -0.25) is 0 Å². The molecule has 3 rings (SSSR count). The third-order valence-electron chi connectivity index (χ3n) is 2.84. The van der Waals surface area contributed by atoms with E-state index < -0.39 is 0 Å². The summed E-state index contributed by atoms with van der Waals surface area (Å²) in [6, 6.07) is 9.57. The highest BCUT2D eigenvalue weighted by Gasteiger charge is 2.23. The molecule has 4 nitrogen and oxygen atoms in total. The number of aromatic nitrogens is 2. The molecule has 1 fully saturated rings. The number of hydrogen-bond acceptors (Lipinski definition) is 3. The molecule has 0 bridgehead atoms. The number of aromatic amines is 1. The van der Waals surface area contributed by atoms with E-state index in [0.29, 0.717) is 11.8 Å². The molecular formula is C14H14N2O2. The predicted octanol–water partition coefficient (Wildman–Crippen LogP) is 2.29. The van der Waals surface area contributed by atoms with E-state index in [9.17, 15) is 4.79 Å². The second kappa shape index (κ2) is 4.29. The van der Waals surface area contributed by atoms with Gasteiger partial charge >= 0.3 is 5.69 Å². The molecule has 0 radical (unpaired) electrons. The van der Waals surface area contributed by atoms with Gasteiger partial charge in [-0.25, -0.2) is 4.79 Å². The lowest BCUT2D eigenvalue weighted by Gasteiger charge is -2.06. The number of benzene rings is 1. The molecule has 1 aliphatic rings. The van der Waals surface area contributed by atoms with Crippen molar-refractivity contribution in [1.29, 1.82) is 0 Å². The van der Waals surface area contributed by atoms with Crippen molar-refractivity contribution in [1.82, 2.24) is 9.97 Å². The van der Waals surface area contributed by atoms with E-state index in [1.165, 1.54) is 0 Å². The molecule has 0 spiro atoms. The van der Waals surface area contributed by atoms with Crippen LogP contribution in [-0.4, -0.2) is 16.1 Å². The van der Waals surface area contributed by atoms with Gasteiger partial charge in [0.15, 0.2) is 0 Å². The molecule has 1 aliphatic carbocycles. The van der Waals surface area contributed by atoms with Crippen LogP contribution in [0.15, 0.2) is 35.1 Å². The van der Waals surface area contributed by atoms with E-state index in [1.807, 2.05) is 37.3 Å². The van der Waals surface area contributed by atoms with Crippen LogP contribution in [0.4, 0.5) is 0 Å². The lowest BCUT2D eigenvalue weighted by molar-refractivity contribution is 0.303. The first-order valence-electron chi connectivity index (χ1n) is 6.06. The molecule has 1 saturated carbocycles. The van der Waals surface area contributed by atoms with Crippen molar-refractivity contribution in [3.05, 3.63) is 46.5 Å². The SMILES string of the molecule is Cc1cc(-c2cccc(OC3CC3)c2)nc(=O)[nH]1. The summed E-state index contributed by atoms with van der Waals surface area (Å²) in [5, 5.41) is 0. The third kappa shape index (κ3) is 2.42. The Morgan fingerprint density at radius 2 is 2.17 bits per heavy atom. The molecule has 0 saturated heterocycles. The van der Waals surface area contributed by atoms with Crippen LogP contribution in [0, 0.1) is 6.92 Å². The fourth-order valence-corrected chi connectivity index (χ4v) is 1.83. The molecule has 2 aromatic rings. The Morgan fingerprint density at radius 3 is 2.89 bits per heavy atom. The first-order valence-corrected chi connectivity index (χ1v) is 6.06. The highest BCUT2D eigenvalue weighted by atomic mass is 16.5. The number of ether oxygens (including phenoxy) is 1. The molecule has 0 aliphatic heterocycles. The maximum Gasteiger partial charge on any atom is 0.345 e. The normalized spacial score (nSPS) is 14.5. The van der Waals surface area contributed by atoms with Crippen LogP contribution in [0.25, 0.3) is 11.3 Å². The van der Waals surface area contributed by atoms with Crippen molar-refractivity contribution in [3.8, 4) is 17.0 Å². The van der Waals surface area contributed by atoms with Gasteiger partial charge in [-0.1, -0.05) is 12.1 Å². The molecule has 92 valence electrons. The highest BCUT2D eigenvalue weighted by Crippen LogP contribution is 2.29. The van der Waals surface area contributed by atoms with Crippen LogP contribution in [0.5, 0.6) is 5.75 Å². The van der Waals surface area contributed by atoms with E-state index in [2.05, 4.69) is 9.97 Å². The van der Waals surface area contributed by atoms with Crippen molar-refractivity contribution in [2.75, 3.05) is 0 Å². The Bertz CT molecular complexity index is 630. The maximum absolute atomic E-state index is 11.4. The largest absolute Gasteiger partial charge is 0.490 e. The van der Waals surface area contributed by atoms with Gasteiger partial charge in [0, 0.05) is 11.3 Å². The summed E-state index contributed by atoms with van der Waals surface area (Å²) in [6.45, 7) is 1.84. The average Bonchev–Trinajstić information content (AvgIpc) is 3.12. The molecule has 1 heterocycles. The second-order valence-electron chi connectivity index (χ2n) is 4.60. The van der Waals surface area contributed by atoms with Crippen LogP contribution in [0.2, 0.25) is 0 Å². The van der Waals surface area contributed by atoms with Gasteiger partial charge in [-0.15, -0.1) is 0 Å². The predicted molar refractivity (Wildman–Crippen MR) is 68.7 cm³/mol. The number of aryl methyl sites for hydroxylation is 1. The Morgan fingerprint density at radius 1 is 1.33 bits per heavy atom. The Kier molecular flexibility index (Phi) is 2.63. The van der Waals surface area contributed by atoms with Gasteiger partial charge in [0.1, 0.15) is 5.75 Å². The quantitative estimate of drug-likeness (QED) is 0.898. The average molecular weight is 242 g/mol. The summed E-state index contributed by atoms with van der Waals surface area (Å²) >= 11 is 0.